The van der Waals surface area contributed by atoms with Crippen LogP contribution in [0.15, 0.2) is 83.8 Å². The highest BCUT2D eigenvalue weighted by atomic mass is 35.5. The van der Waals surface area contributed by atoms with Gasteiger partial charge in [-0.2, -0.15) is 0 Å². The van der Waals surface area contributed by atoms with Gasteiger partial charge in [-0.3, -0.25) is 9.52 Å². The maximum atomic E-state index is 13.1. The highest BCUT2D eigenvalue weighted by molar-refractivity contribution is 7.92. The van der Waals surface area contributed by atoms with Crippen molar-refractivity contribution in [3.63, 3.8) is 0 Å². The second-order valence-electron chi connectivity index (χ2n) is 7.30. The molecule has 0 saturated carbocycles. The standard InChI is InChI=1S/C25H21ClN2O5S/c1-32-22-12-11-18(15-24(22)34(30,31)28-21-10-6-5-9-20(21)26)27-25(29)19-13-16-7-3-4-8-17(16)14-23(19)33-2/h3-15,28H,1-2H3,(H,27,29). The number of sulfonamides is 1. The first-order chi connectivity index (χ1) is 16.3. The van der Waals surface area contributed by atoms with Crippen molar-refractivity contribution in [3.8, 4) is 11.5 Å². The van der Waals surface area contributed by atoms with Crippen LogP contribution in [0, 0.1) is 0 Å². The number of nitrogens with one attached hydrogen (secondary N) is 2. The Bertz CT molecular complexity index is 1490. The van der Waals surface area contributed by atoms with Gasteiger partial charge in [-0.05, 0) is 53.2 Å². The number of para-hydroxylation sites is 1. The Labute approximate surface area is 202 Å². The fourth-order valence-electron chi connectivity index (χ4n) is 3.47. The number of hydrogen-bond donors (Lipinski definition) is 2. The van der Waals surface area contributed by atoms with E-state index in [9.17, 15) is 13.2 Å². The summed E-state index contributed by atoms with van der Waals surface area (Å²) in [7, 11) is -1.23. The minimum absolute atomic E-state index is 0.112. The molecule has 0 aliphatic heterocycles. The lowest BCUT2D eigenvalue weighted by Crippen LogP contribution is -2.16. The number of ether oxygens (including phenoxy) is 2. The van der Waals surface area contributed by atoms with Gasteiger partial charge in [0.2, 0.25) is 0 Å². The van der Waals surface area contributed by atoms with Crippen molar-refractivity contribution in [3.05, 3.63) is 89.4 Å². The van der Waals surface area contributed by atoms with E-state index in [1.54, 1.807) is 42.5 Å². The van der Waals surface area contributed by atoms with Crippen molar-refractivity contribution >= 4 is 49.7 Å². The van der Waals surface area contributed by atoms with Crippen LogP contribution in [0.2, 0.25) is 5.02 Å². The molecule has 9 heteroatoms. The Morgan fingerprint density at radius 2 is 1.47 bits per heavy atom. The van der Waals surface area contributed by atoms with Gasteiger partial charge in [0.15, 0.2) is 0 Å². The summed E-state index contributed by atoms with van der Waals surface area (Å²) in [6, 6.07) is 21.9. The normalized spacial score (nSPS) is 11.1. The Morgan fingerprint density at radius 3 is 2.15 bits per heavy atom. The first-order valence-corrected chi connectivity index (χ1v) is 12.0. The predicted octanol–water partition coefficient (Wildman–Crippen LogP) is 5.56. The smallest absolute Gasteiger partial charge is 0.265 e. The van der Waals surface area contributed by atoms with E-state index >= 15 is 0 Å². The number of hydrogen-bond acceptors (Lipinski definition) is 5. The Balaban J connectivity index is 1.68. The summed E-state index contributed by atoms with van der Waals surface area (Å²) >= 11 is 6.10. The fraction of sp³-hybridized carbons (Fsp3) is 0.0800. The van der Waals surface area contributed by atoms with Crippen LogP contribution in [-0.4, -0.2) is 28.5 Å². The molecular weight excluding hydrogens is 476 g/mol. The first kappa shape index (κ1) is 23.4. The van der Waals surface area contributed by atoms with Crippen LogP contribution in [0.4, 0.5) is 11.4 Å². The van der Waals surface area contributed by atoms with E-state index in [4.69, 9.17) is 21.1 Å². The van der Waals surface area contributed by atoms with Gasteiger partial charge in [-0.25, -0.2) is 8.42 Å². The van der Waals surface area contributed by atoms with Gasteiger partial charge in [0.1, 0.15) is 16.4 Å². The van der Waals surface area contributed by atoms with Crippen LogP contribution in [-0.2, 0) is 10.0 Å². The molecule has 2 N–H and O–H groups in total. The molecule has 1 amide bonds. The topological polar surface area (TPSA) is 93.7 Å². The van der Waals surface area contributed by atoms with Gasteiger partial charge in [0, 0.05) is 5.69 Å². The summed E-state index contributed by atoms with van der Waals surface area (Å²) in [6.45, 7) is 0. The van der Waals surface area contributed by atoms with E-state index in [1.807, 2.05) is 24.3 Å². The summed E-state index contributed by atoms with van der Waals surface area (Å²) in [6.07, 6.45) is 0. The number of halogens is 1. The van der Waals surface area contributed by atoms with Crippen molar-refractivity contribution < 1.29 is 22.7 Å². The van der Waals surface area contributed by atoms with Crippen molar-refractivity contribution in [2.75, 3.05) is 24.3 Å². The van der Waals surface area contributed by atoms with Gasteiger partial charge >= 0.3 is 0 Å². The number of anilines is 2. The van der Waals surface area contributed by atoms with Crippen molar-refractivity contribution in [1.29, 1.82) is 0 Å². The molecule has 174 valence electrons. The molecule has 0 bridgehead atoms. The first-order valence-electron chi connectivity index (χ1n) is 10.2. The molecule has 4 rings (SSSR count). The van der Waals surface area contributed by atoms with Crippen LogP contribution in [0.1, 0.15) is 10.4 Å². The van der Waals surface area contributed by atoms with E-state index in [1.165, 1.54) is 26.4 Å². The number of fused-ring (bicyclic) bond motifs is 1. The van der Waals surface area contributed by atoms with Crippen LogP contribution >= 0.6 is 11.6 Å². The molecule has 0 aliphatic rings. The van der Waals surface area contributed by atoms with Crippen molar-refractivity contribution in [2.24, 2.45) is 0 Å². The van der Waals surface area contributed by atoms with E-state index in [2.05, 4.69) is 10.0 Å². The fourth-order valence-corrected chi connectivity index (χ4v) is 4.99. The Morgan fingerprint density at radius 1 is 0.824 bits per heavy atom. The lowest BCUT2D eigenvalue weighted by atomic mass is 10.1. The molecule has 0 fully saturated rings. The molecular formula is C25H21ClN2O5S. The predicted molar refractivity (Wildman–Crippen MR) is 134 cm³/mol. The van der Waals surface area contributed by atoms with Crippen LogP contribution in [0.5, 0.6) is 11.5 Å². The van der Waals surface area contributed by atoms with E-state index in [-0.39, 0.29) is 27.0 Å². The highest BCUT2D eigenvalue weighted by Crippen LogP contribution is 2.32. The average Bonchev–Trinajstić information content (AvgIpc) is 2.84. The molecule has 4 aromatic carbocycles. The number of benzene rings is 4. The third-order valence-corrected chi connectivity index (χ3v) is 6.86. The van der Waals surface area contributed by atoms with Crippen molar-refractivity contribution in [1.82, 2.24) is 0 Å². The second kappa shape index (κ2) is 9.62. The zero-order valence-corrected chi connectivity index (χ0v) is 19.9. The average molecular weight is 497 g/mol. The van der Waals surface area contributed by atoms with Gasteiger partial charge in [-0.1, -0.05) is 48.0 Å². The molecule has 0 spiro atoms. The molecule has 0 unspecified atom stereocenters. The third kappa shape index (κ3) is 4.78. The lowest BCUT2D eigenvalue weighted by molar-refractivity contribution is 0.102. The number of methoxy groups -OCH3 is 2. The summed E-state index contributed by atoms with van der Waals surface area (Å²) in [5.74, 6) is 0.0639. The zero-order chi connectivity index (χ0) is 24.3. The van der Waals surface area contributed by atoms with Crippen LogP contribution in [0.3, 0.4) is 0 Å². The summed E-state index contributed by atoms with van der Waals surface area (Å²) in [5.41, 5.74) is 0.803. The molecule has 4 aromatic rings. The van der Waals surface area contributed by atoms with Gasteiger partial charge in [-0.15, -0.1) is 0 Å². The van der Waals surface area contributed by atoms with Gasteiger partial charge in [0.05, 0.1) is 30.5 Å². The second-order valence-corrected chi connectivity index (χ2v) is 9.36. The molecule has 0 atom stereocenters. The largest absolute Gasteiger partial charge is 0.496 e. The molecule has 0 aliphatic carbocycles. The Kier molecular flexibility index (Phi) is 6.63. The number of amides is 1. The summed E-state index contributed by atoms with van der Waals surface area (Å²) in [4.78, 5) is 12.9. The quantitative estimate of drug-likeness (QED) is 0.349. The molecule has 0 radical (unpaired) electrons. The lowest BCUT2D eigenvalue weighted by Gasteiger charge is -2.15. The minimum Gasteiger partial charge on any atom is -0.496 e. The monoisotopic (exact) mass is 496 g/mol. The SMILES string of the molecule is COc1cc2ccccc2cc1C(=O)Nc1ccc(OC)c(S(=O)(=O)Nc2ccccc2Cl)c1. The molecule has 0 saturated heterocycles. The van der Waals surface area contributed by atoms with Crippen LogP contribution < -0.4 is 19.5 Å². The summed E-state index contributed by atoms with van der Waals surface area (Å²) < 4.78 is 39.3. The molecule has 7 nitrogen and oxygen atoms in total. The number of carbonyl (C=O) groups is 1. The summed E-state index contributed by atoms with van der Waals surface area (Å²) in [5, 5.41) is 4.79. The van der Waals surface area contributed by atoms with Crippen molar-refractivity contribution in [2.45, 2.75) is 4.90 Å². The van der Waals surface area contributed by atoms with Crippen LogP contribution in [0.25, 0.3) is 10.8 Å². The Hall–Kier alpha value is -3.75. The maximum absolute atomic E-state index is 13.1. The van der Waals surface area contributed by atoms with E-state index in [0.29, 0.717) is 11.3 Å². The number of carbonyl (C=O) groups excluding carboxylic acids is 1. The number of rotatable bonds is 7. The van der Waals surface area contributed by atoms with Gasteiger partial charge < -0.3 is 14.8 Å². The maximum Gasteiger partial charge on any atom is 0.265 e. The molecule has 34 heavy (non-hydrogen) atoms. The van der Waals surface area contributed by atoms with Gasteiger partial charge in [0.25, 0.3) is 15.9 Å². The van der Waals surface area contributed by atoms with E-state index in [0.717, 1.165) is 10.8 Å². The molecule has 0 aromatic heterocycles. The zero-order valence-electron chi connectivity index (χ0n) is 18.3. The van der Waals surface area contributed by atoms with E-state index < -0.39 is 15.9 Å². The highest BCUT2D eigenvalue weighted by Gasteiger charge is 2.22. The third-order valence-electron chi connectivity index (χ3n) is 5.14. The molecule has 0 heterocycles. The minimum atomic E-state index is -4.08.